The molecule has 1 saturated carbocycles. The predicted molar refractivity (Wildman–Crippen MR) is 75.9 cm³/mol. The summed E-state index contributed by atoms with van der Waals surface area (Å²) in [7, 11) is 0. The number of rotatable bonds is 5. The number of morpholine rings is 1. The summed E-state index contributed by atoms with van der Waals surface area (Å²) in [6.45, 7) is 10.1. The lowest BCUT2D eigenvalue weighted by Gasteiger charge is -2.34. The quantitative estimate of drug-likeness (QED) is 0.814. The molecule has 0 radical (unpaired) electrons. The molecule has 3 atom stereocenters. The number of nitrogens with one attached hydrogen (secondary N) is 1. The lowest BCUT2D eigenvalue weighted by molar-refractivity contribution is -0.0294. The van der Waals surface area contributed by atoms with Crippen LogP contribution < -0.4 is 5.32 Å². The van der Waals surface area contributed by atoms with Crippen LogP contribution in [0.5, 0.6) is 0 Å². The van der Waals surface area contributed by atoms with Crippen molar-refractivity contribution in [2.75, 3.05) is 32.8 Å². The molecule has 3 nitrogen and oxygen atoms in total. The first-order valence-electron chi connectivity index (χ1n) is 7.87. The van der Waals surface area contributed by atoms with Crippen molar-refractivity contribution in [2.45, 2.75) is 58.1 Å². The fourth-order valence-corrected chi connectivity index (χ4v) is 3.26. The van der Waals surface area contributed by atoms with Crippen LogP contribution in [0.3, 0.4) is 0 Å². The first-order chi connectivity index (χ1) is 8.79. The summed E-state index contributed by atoms with van der Waals surface area (Å²) in [4.78, 5) is 2.55. The molecule has 1 saturated heterocycles. The van der Waals surface area contributed by atoms with Crippen LogP contribution in [0, 0.1) is 5.92 Å². The van der Waals surface area contributed by atoms with Crippen molar-refractivity contribution >= 4 is 0 Å². The molecule has 2 fully saturated rings. The van der Waals surface area contributed by atoms with Crippen molar-refractivity contribution in [3.63, 3.8) is 0 Å². The number of nitrogens with zero attached hydrogens (tertiary/aromatic N) is 1. The smallest absolute Gasteiger partial charge is 0.0700 e. The van der Waals surface area contributed by atoms with Gasteiger partial charge in [0, 0.05) is 32.2 Å². The molecule has 2 aliphatic rings. The largest absolute Gasteiger partial charge is 0.376 e. The average molecular weight is 254 g/mol. The van der Waals surface area contributed by atoms with Gasteiger partial charge in [0.15, 0.2) is 0 Å². The van der Waals surface area contributed by atoms with Crippen molar-refractivity contribution in [1.82, 2.24) is 10.2 Å². The minimum atomic E-state index is 0.465. The van der Waals surface area contributed by atoms with Crippen molar-refractivity contribution < 1.29 is 4.74 Å². The lowest BCUT2D eigenvalue weighted by atomic mass is 9.86. The molecule has 1 aliphatic heterocycles. The van der Waals surface area contributed by atoms with Gasteiger partial charge in [-0.3, -0.25) is 4.90 Å². The van der Waals surface area contributed by atoms with Crippen LogP contribution in [-0.4, -0.2) is 49.8 Å². The van der Waals surface area contributed by atoms with Crippen LogP contribution in [0.1, 0.15) is 46.0 Å². The number of hydrogen-bond acceptors (Lipinski definition) is 3. The molecule has 0 bridgehead atoms. The maximum Gasteiger partial charge on any atom is 0.0700 e. The Bertz CT molecular complexity index is 235. The highest BCUT2D eigenvalue weighted by molar-refractivity contribution is 4.79. The van der Waals surface area contributed by atoms with Crippen LogP contribution in [0.15, 0.2) is 0 Å². The van der Waals surface area contributed by atoms with Gasteiger partial charge in [-0.1, -0.05) is 26.7 Å². The fourth-order valence-electron chi connectivity index (χ4n) is 3.26. The Morgan fingerprint density at radius 2 is 2.11 bits per heavy atom. The topological polar surface area (TPSA) is 24.5 Å². The second kappa shape index (κ2) is 7.46. The van der Waals surface area contributed by atoms with Gasteiger partial charge in [0.2, 0.25) is 0 Å². The standard InChI is InChI=1S/C15H30N2O/c1-3-14-12-17(10-11-18-14)9-8-16-15-7-5-4-6-13(15)2/h13-16H,3-12H2,1-2H3. The highest BCUT2D eigenvalue weighted by atomic mass is 16.5. The minimum absolute atomic E-state index is 0.465. The Balaban J connectivity index is 1.62. The van der Waals surface area contributed by atoms with Gasteiger partial charge >= 0.3 is 0 Å². The first kappa shape index (κ1) is 14.3. The third-order valence-corrected chi connectivity index (χ3v) is 4.62. The van der Waals surface area contributed by atoms with E-state index in [2.05, 4.69) is 24.1 Å². The van der Waals surface area contributed by atoms with Crippen molar-refractivity contribution in [3.05, 3.63) is 0 Å². The molecule has 0 amide bonds. The maximum atomic E-state index is 5.71. The Kier molecular flexibility index (Phi) is 5.93. The highest BCUT2D eigenvalue weighted by Gasteiger charge is 2.22. The molecule has 106 valence electrons. The Morgan fingerprint density at radius 3 is 2.89 bits per heavy atom. The summed E-state index contributed by atoms with van der Waals surface area (Å²) in [5.74, 6) is 0.867. The van der Waals surface area contributed by atoms with E-state index >= 15 is 0 Å². The molecule has 0 aromatic carbocycles. The van der Waals surface area contributed by atoms with Crippen LogP contribution >= 0.6 is 0 Å². The zero-order valence-electron chi connectivity index (χ0n) is 12.2. The second-order valence-electron chi connectivity index (χ2n) is 6.02. The SMILES string of the molecule is CCC1CN(CCNC2CCCCC2C)CCO1. The molecule has 2 rings (SSSR count). The average Bonchev–Trinajstić information content (AvgIpc) is 2.41. The Morgan fingerprint density at radius 1 is 1.28 bits per heavy atom. The van der Waals surface area contributed by atoms with E-state index in [-0.39, 0.29) is 0 Å². The molecule has 0 aromatic rings. The van der Waals surface area contributed by atoms with Gasteiger partial charge in [-0.05, 0) is 25.2 Å². The van der Waals surface area contributed by atoms with Crippen molar-refractivity contribution in [1.29, 1.82) is 0 Å². The molecule has 0 spiro atoms. The van der Waals surface area contributed by atoms with E-state index < -0.39 is 0 Å². The maximum absolute atomic E-state index is 5.71. The Hall–Kier alpha value is -0.120. The van der Waals surface area contributed by atoms with E-state index in [1.165, 1.54) is 32.2 Å². The van der Waals surface area contributed by atoms with E-state index in [1.807, 2.05) is 0 Å². The molecule has 18 heavy (non-hydrogen) atoms. The molecule has 3 unspecified atom stereocenters. The Labute approximate surface area is 112 Å². The molecular formula is C15H30N2O. The van der Waals surface area contributed by atoms with Crippen molar-refractivity contribution in [2.24, 2.45) is 5.92 Å². The van der Waals surface area contributed by atoms with E-state index in [1.54, 1.807) is 0 Å². The number of ether oxygens (including phenoxy) is 1. The first-order valence-corrected chi connectivity index (χ1v) is 7.87. The third kappa shape index (κ3) is 4.22. The summed E-state index contributed by atoms with van der Waals surface area (Å²) in [6.07, 6.45) is 7.24. The minimum Gasteiger partial charge on any atom is -0.376 e. The molecule has 1 aliphatic carbocycles. The predicted octanol–water partition coefficient (Wildman–Crippen LogP) is 2.27. The third-order valence-electron chi connectivity index (χ3n) is 4.62. The monoisotopic (exact) mass is 254 g/mol. The van der Waals surface area contributed by atoms with Gasteiger partial charge in [0.1, 0.15) is 0 Å². The summed E-state index contributed by atoms with van der Waals surface area (Å²) in [6, 6.07) is 0.766. The van der Waals surface area contributed by atoms with Gasteiger partial charge in [-0.15, -0.1) is 0 Å². The van der Waals surface area contributed by atoms with Gasteiger partial charge in [-0.2, -0.15) is 0 Å². The van der Waals surface area contributed by atoms with E-state index in [0.29, 0.717) is 6.10 Å². The summed E-state index contributed by atoms with van der Waals surface area (Å²) in [5, 5.41) is 3.77. The summed E-state index contributed by atoms with van der Waals surface area (Å²) < 4.78 is 5.71. The number of hydrogen-bond donors (Lipinski definition) is 1. The van der Waals surface area contributed by atoms with Crippen LogP contribution in [-0.2, 0) is 4.74 Å². The van der Waals surface area contributed by atoms with E-state index in [4.69, 9.17) is 4.74 Å². The summed E-state index contributed by atoms with van der Waals surface area (Å²) >= 11 is 0. The highest BCUT2D eigenvalue weighted by Crippen LogP contribution is 2.23. The van der Waals surface area contributed by atoms with Crippen LogP contribution in [0.4, 0.5) is 0 Å². The fraction of sp³-hybridized carbons (Fsp3) is 1.00. The van der Waals surface area contributed by atoms with Gasteiger partial charge in [0.05, 0.1) is 12.7 Å². The molecular weight excluding hydrogens is 224 g/mol. The molecule has 1 heterocycles. The molecule has 3 heteroatoms. The molecule has 0 aromatic heterocycles. The normalized spacial score (nSPS) is 34.7. The van der Waals surface area contributed by atoms with Gasteiger partial charge in [0.25, 0.3) is 0 Å². The van der Waals surface area contributed by atoms with Crippen LogP contribution in [0.25, 0.3) is 0 Å². The van der Waals surface area contributed by atoms with Gasteiger partial charge < -0.3 is 10.1 Å². The van der Waals surface area contributed by atoms with Crippen molar-refractivity contribution in [3.8, 4) is 0 Å². The van der Waals surface area contributed by atoms with E-state index in [0.717, 1.165) is 44.6 Å². The van der Waals surface area contributed by atoms with Crippen LogP contribution in [0.2, 0.25) is 0 Å². The second-order valence-corrected chi connectivity index (χ2v) is 6.02. The summed E-state index contributed by atoms with van der Waals surface area (Å²) in [5.41, 5.74) is 0. The van der Waals surface area contributed by atoms with E-state index in [9.17, 15) is 0 Å². The lowest BCUT2D eigenvalue weighted by Crippen LogP contribution is -2.47. The molecule has 1 N–H and O–H groups in total. The zero-order valence-corrected chi connectivity index (χ0v) is 12.2. The van der Waals surface area contributed by atoms with Gasteiger partial charge in [-0.25, -0.2) is 0 Å². The zero-order chi connectivity index (χ0) is 12.8.